The molecule has 2 N–H and O–H groups in total. The molecule has 1 aromatic heterocycles. The first-order valence-electron chi connectivity index (χ1n) is 12.5. The van der Waals surface area contributed by atoms with Crippen LogP contribution in [0.5, 0.6) is 11.5 Å². The van der Waals surface area contributed by atoms with E-state index in [9.17, 15) is 9.59 Å². The molecule has 0 aliphatic carbocycles. The van der Waals surface area contributed by atoms with Crippen molar-refractivity contribution in [2.75, 3.05) is 39.2 Å². The fourth-order valence-corrected chi connectivity index (χ4v) is 4.89. The molecule has 3 aromatic rings. The molecule has 192 valence electrons. The van der Waals surface area contributed by atoms with Gasteiger partial charge in [-0.05, 0) is 63.7 Å². The second-order valence-corrected chi connectivity index (χ2v) is 9.18. The zero-order valence-corrected chi connectivity index (χ0v) is 21.4. The Balaban J connectivity index is 1.50. The van der Waals surface area contributed by atoms with Crippen LogP contribution < -0.4 is 14.8 Å². The van der Waals surface area contributed by atoms with Gasteiger partial charge in [-0.2, -0.15) is 0 Å². The number of piperidine rings is 1. The van der Waals surface area contributed by atoms with Crippen LogP contribution in [0.15, 0.2) is 42.5 Å². The van der Waals surface area contributed by atoms with E-state index in [4.69, 9.17) is 14.2 Å². The van der Waals surface area contributed by atoms with E-state index in [0.29, 0.717) is 34.0 Å². The third-order valence-corrected chi connectivity index (χ3v) is 6.97. The highest BCUT2D eigenvalue weighted by molar-refractivity contribution is 6.12. The van der Waals surface area contributed by atoms with Crippen LogP contribution in [-0.4, -0.2) is 61.7 Å². The fourth-order valence-electron chi connectivity index (χ4n) is 4.89. The predicted molar refractivity (Wildman–Crippen MR) is 140 cm³/mol. The molecule has 0 spiro atoms. The van der Waals surface area contributed by atoms with Gasteiger partial charge in [0.05, 0.1) is 38.1 Å². The molecule has 0 saturated carbocycles. The van der Waals surface area contributed by atoms with Crippen molar-refractivity contribution in [2.24, 2.45) is 5.92 Å². The van der Waals surface area contributed by atoms with Crippen LogP contribution in [0.25, 0.3) is 10.9 Å². The smallest absolute Gasteiger partial charge is 0.356 e. The minimum atomic E-state index is -0.531. The number of hydrogen-bond acceptors (Lipinski definition) is 6. The first-order chi connectivity index (χ1) is 17.4. The van der Waals surface area contributed by atoms with Gasteiger partial charge in [-0.3, -0.25) is 9.69 Å². The molecule has 36 heavy (non-hydrogen) atoms. The molecular weight excluding hydrogens is 458 g/mol. The molecule has 1 aliphatic rings. The SMILES string of the molecule is CCOC(=O)c1[nH]c2cc(OC)c(OC)cc2c1NC(=O)C(C)N1CCC(Cc2ccccc2)CC1. The average molecular weight is 494 g/mol. The molecule has 0 bridgehead atoms. The number of carbonyl (C=O) groups excluding carboxylic acids is 2. The maximum atomic E-state index is 13.4. The van der Waals surface area contributed by atoms with Gasteiger partial charge in [0.2, 0.25) is 5.91 Å². The molecular formula is C28H35N3O5. The normalized spacial score (nSPS) is 15.4. The Morgan fingerprint density at radius 3 is 2.39 bits per heavy atom. The summed E-state index contributed by atoms with van der Waals surface area (Å²) in [5.41, 5.74) is 2.59. The summed E-state index contributed by atoms with van der Waals surface area (Å²) in [4.78, 5) is 31.4. The van der Waals surface area contributed by atoms with Crippen LogP contribution in [-0.2, 0) is 16.0 Å². The zero-order chi connectivity index (χ0) is 25.7. The molecule has 2 heterocycles. The van der Waals surface area contributed by atoms with Gasteiger partial charge in [0.15, 0.2) is 11.5 Å². The maximum absolute atomic E-state index is 13.4. The molecule has 1 fully saturated rings. The van der Waals surface area contributed by atoms with Crippen LogP contribution in [0.2, 0.25) is 0 Å². The molecule has 1 aliphatic heterocycles. The highest BCUT2D eigenvalue weighted by Crippen LogP contribution is 2.37. The van der Waals surface area contributed by atoms with Gasteiger partial charge in [-0.1, -0.05) is 30.3 Å². The van der Waals surface area contributed by atoms with E-state index in [-0.39, 0.29) is 24.2 Å². The number of nitrogens with one attached hydrogen (secondary N) is 2. The number of aromatic nitrogens is 1. The Bertz CT molecular complexity index is 1200. The minimum Gasteiger partial charge on any atom is -0.493 e. The van der Waals surface area contributed by atoms with Crippen molar-refractivity contribution in [3.05, 3.63) is 53.7 Å². The topological polar surface area (TPSA) is 92.9 Å². The Morgan fingerprint density at radius 2 is 1.75 bits per heavy atom. The van der Waals surface area contributed by atoms with Gasteiger partial charge in [-0.15, -0.1) is 0 Å². The number of anilines is 1. The number of carbonyl (C=O) groups is 2. The summed E-state index contributed by atoms with van der Waals surface area (Å²) >= 11 is 0. The molecule has 1 saturated heterocycles. The first kappa shape index (κ1) is 25.6. The van der Waals surface area contributed by atoms with E-state index >= 15 is 0 Å². The lowest BCUT2D eigenvalue weighted by Crippen LogP contribution is -2.46. The third kappa shape index (κ3) is 5.49. The lowest BCUT2D eigenvalue weighted by atomic mass is 9.89. The molecule has 1 amide bonds. The molecule has 1 atom stereocenters. The lowest BCUT2D eigenvalue weighted by Gasteiger charge is -2.35. The fraction of sp³-hybridized carbons (Fsp3) is 0.429. The largest absolute Gasteiger partial charge is 0.493 e. The summed E-state index contributed by atoms with van der Waals surface area (Å²) < 4.78 is 16.1. The summed E-state index contributed by atoms with van der Waals surface area (Å²) in [6.45, 7) is 5.59. The van der Waals surface area contributed by atoms with Gasteiger partial charge in [0.1, 0.15) is 5.69 Å². The van der Waals surface area contributed by atoms with E-state index in [0.717, 1.165) is 32.4 Å². The molecule has 1 unspecified atom stereocenters. The van der Waals surface area contributed by atoms with E-state index in [1.165, 1.54) is 5.56 Å². The second kappa shape index (κ2) is 11.5. The van der Waals surface area contributed by atoms with Crippen molar-refractivity contribution in [3.8, 4) is 11.5 Å². The predicted octanol–water partition coefficient (Wildman–Crippen LogP) is 4.64. The van der Waals surface area contributed by atoms with Crippen molar-refractivity contribution in [1.29, 1.82) is 0 Å². The zero-order valence-electron chi connectivity index (χ0n) is 21.4. The van der Waals surface area contributed by atoms with Gasteiger partial charge in [0.25, 0.3) is 0 Å². The minimum absolute atomic E-state index is 0.169. The molecule has 4 rings (SSSR count). The van der Waals surface area contributed by atoms with Gasteiger partial charge >= 0.3 is 5.97 Å². The second-order valence-electron chi connectivity index (χ2n) is 9.18. The number of H-pyrrole nitrogens is 1. The Hall–Kier alpha value is -3.52. The van der Waals surface area contributed by atoms with Crippen LogP contribution in [0.4, 0.5) is 5.69 Å². The summed E-state index contributed by atoms with van der Waals surface area (Å²) in [6.07, 6.45) is 3.16. The Labute approximate surface area is 211 Å². The monoisotopic (exact) mass is 493 g/mol. The number of ether oxygens (including phenoxy) is 3. The standard InChI is InChI=1S/C28H35N3O5/c1-5-36-28(33)26-25(21-16-23(34-3)24(35-4)17-22(21)29-26)30-27(32)18(2)31-13-11-20(12-14-31)15-19-9-7-6-8-10-19/h6-10,16-18,20,29H,5,11-15H2,1-4H3,(H,30,32). The maximum Gasteiger partial charge on any atom is 0.356 e. The summed E-state index contributed by atoms with van der Waals surface area (Å²) in [5, 5.41) is 3.65. The average Bonchev–Trinajstić information content (AvgIpc) is 3.25. The van der Waals surface area contributed by atoms with E-state index in [2.05, 4.69) is 39.5 Å². The number of amides is 1. The molecule has 8 heteroatoms. The number of aromatic amines is 1. The highest BCUT2D eigenvalue weighted by atomic mass is 16.5. The summed E-state index contributed by atoms with van der Waals surface area (Å²) in [5.74, 6) is 0.939. The van der Waals surface area contributed by atoms with Crippen LogP contribution >= 0.6 is 0 Å². The number of likely N-dealkylation sites (tertiary alicyclic amines) is 1. The number of fused-ring (bicyclic) bond motifs is 1. The number of methoxy groups -OCH3 is 2. The molecule has 2 aromatic carbocycles. The Morgan fingerprint density at radius 1 is 1.08 bits per heavy atom. The van der Waals surface area contributed by atoms with Crippen LogP contribution in [0.1, 0.15) is 42.7 Å². The van der Waals surface area contributed by atoms with Gasteiger partial charge < -0.3 is 24.5 Å². The van der Waals surface area contributed by atoms with Crippen molar-refractivity contribution in [1.82, 2.24) is 9.88 Å². The van der Waals surface area contributed by atoms with E-state index in [1.54, 1.807) is 33.3 Å². The lowest BCUT2D eigenvalue weighted by molar-refractivity contribution is -0.121. The van der Waals surface area contributed by atoms with Gasteiger partial charge in [-0.25, -0.2) is 4.79 Å². The summed E-state index contributed by atoms with van der Waals surface area (Å²) in [7, 11) is 3.09. The highest BCUT2D eigenvalue weighted by Gasteiger charge is 2.29. The number of esters is 1. The van der Waals surface area contributed by atoms with Crippen molar-refractivity contribution in [2.45, 2.75) is 39.2 Å². The van der Waals surface area contributed by atoms with Crippen molar-refractivity contribution >= 4 is 28.5 Å². The van der Waals surface area contributed by atoms with Crippen molar-refractivity contribution in [3.63, 3.8) is 0 Å². The van der Waals surface area contributed by atoms with Crippen LogP contribution in [0, 0.1) is 5.92 Å². The van der Waals surface area contributed by atoms with Crippen molar-refractivity contribution < 1.29 is 23.8 Å². The Kier molecular flexibility index (Phi) is 8.15. The third-order valence-electron chi connectivity index (χ3n) is 6.97. The van der Waals surface area contributed by atoms with E-state index in [1.807, 2.05) is 13.0 Å². The van der Waals surface area contributed by atoms with Gasteiger partial charge in [0, 0.05) is 11.5 Å². The molecule has 8 nitrogen and oxygen atoms in total. The number of rotatable bonds is 9. The first-order valence-corrected chi connectivity index (χ1v) is 12.5. The summed E-state index contributed by atoms with van der Waals surface area (Å²) in [6, 6.07) is 13.7. The van der Waals surface area contributed by atoms with E-state index < -0.39 is 5.97 Å². The number of benzene rings is 2. The number of nitrogens with zero attached hydrogens (tertiary/aromatic N) is 1. The molecule has 0 radical (unpaired) electrons. The van der Waals surface area contributed by atoms with Crippen LogP contribution in [0.3, 0.4) is 0 Å². The number of hydrogen-bond donors (Lipinski definition) is 2. The quantitative estimate of drug-likeness (QED) is 0.422.